The van der Waals surface area contributed by atoms with Crippen molar-refractivity contribution in [3.8, 4) is 0 Å². The molecule has 2 amide bonds. The number of nitrogens with one attached hydrogen (secondary N) is 1. The summed E-state index contributed by atoms with van der Waals surface area (Å²) in [6.07, 6.45) is 5.92. The largest absolute Gasteiger partial charge is 0.322 e. The first-order chi connectivity index (χ1) is 12.1. The molecule has 1 N–H and O–H groups in total. The fourth-order valence-corrected chi connectivity index (χ4v) is 3.87. The molecule has 140 valence electrons. The summed E-state index contributed by atoms with van der Waals surface area (Å²) < 4.78 is 0. The second kappa shape index (κ2) is 10.0. The number of benzene rings is 1. The summed E-state index contributed by atoms with van der Waals surface area (Å²) in [5, 5.41) is 3.67. The van der Waals surface area contributed by atoms with Crippen molar-refractivity contribution in [2.75, 3.05) is 31.5 Å². The van der Waals surface area contributed by atoms with E-state index in [2.05, 4.69) is 24.1 Å². The summed E-state index contributed by atoms with van der Waals surface area (Å²) >= 11 is 6.30. The zero-order valence-corrected chi connectivity index (χ0v) is 16.6. The van der Waals surface area contributed by atoms with E-state index in [0.29, 0.717) is 11.1 Å². The highest BCUT2D eigenvalue weighted by Gasteiger charge is 2.26. The zero-order chi connectivity index (χ0) is 18.2. The highest BCUT2D eigenvalue weighted by molar-refractivity contribution is 6.33. The van der Waals surface area contributed by atoms with Crippen LogP contribution in [0.25, 0.3) is 0 Å². The SMILES string of the molecule is CCN(CC)CCN(C(=O)Nc1c(C)cccc1Cl)C1CCCCC1. The van der Waals surface area contributed by atoms with Gasteiger partial charge in [0.1, 0.15) is 0 Å². The number of aryl methyl sites for hydroxylation is 1. The number of nitrogens with zero attached hydrogens (tertiary/aromatic N) is 2. The molecule has 0 saturated heterocycles. The maximum absolute atomic E-state index is 13.0. The average Bonchev–Trinajstić information content (AvgIpc) is 2.63. The van der Waals surface area contributed by atoms with Gasteiger partial charge in [0.05, 0.1) is 10.7 Å². The molecule has 5 heteroatoms. The number of urea groups is 1. The monoisotopic (exact) mass is 365 g/mol. The molecule has 1 fully saturated rings. The Hall–Kier alpha value is -1.26. The van der Waals surface area contributed by atoms with Crippen LogP contribution in [0, 0.1) is 6.92 Å². The molecule has 1 aromatic carbocycles. The van der Waals surface area contributed by atoms with Gasteiger partial charge in [-0.3, -0.25) is 0 Å². The maximum Gasteiger partial charge on any atom is 0.322 e. The fourth-order valence-electron chi connectivity index (χ4n) is 3.60. The third kappa shape index (κ3) is 5.61. The molecule has 0 atom stereocenters. The minimum atomic E-state index is -0.0183. The van der Waals surface area contributed by atoms with Crippen LogP contribution in [0.4, 0.5) is 10.5 Å². The van der Waals surface area contributed by atoms with Gasteiger partial charge in [-0.05, 0) is 44.5 Å². The van der Waals surface area contributed by atoms with Gasteiger partial charge in [-0.1, -0.05) is 56.8 Å². The molecule has 0 aliphatic heterocycles. The first-order valence-electron chi connectivity index (χ1n) is 9.61. The summed E-state index contributed by atoms with van der Waals surface area (Å²) in [5.74, 6) is 0. The van der Waals surface area contributed by atoms with Gasteiger partial charge in [-0.15, -0.1) is 0 Å². The lowest BCUT2D eigenvalue weighted by atomic mass is 9.94. The van der Waals surface area contributed by atoms with E-state index in [1.807, 2.05) is 30.0 Å². The molecule has 1 saturated carbocycles. The third-order valence-electron chi connectivity index (χ3n) is 5.28. The van der Waals surface area contributed by atoms with Crippen LogP contribution in [0.15, 0.2) is 18.2 Å². The van der Waals surface area contributed by atoms with Crippen LogP contribution in [0.1, 0.15) is 51.5 Å². The molecule has 25 heavy (non-hydrogen) atoms. The Morgan fingerprint density at radius 2 is 1.84 bits per heavy atom. The summed E-state index contributed by atoms with van der Waals surface area (Å²) in [7, 11) is 0. The van der Waals surface area contributed by atoms with Crippen molar-refractivity contribution >= 4 is 23.3 Å². The third-order valence-corrected chi connectivity index (χ3v) is 5.60. The Bertz CT molecular complexity index is 534. The summed E-state index contributed by atoms with van der Waals surface area (Å²) in [4.78, 5) is 17.5. The first kappa shape index (κ1) is 20.1. The average molecular weight is 366 g/mol. The lowest BCUT2D eigenvalue weighted by Gasteiger charge is -2.36. The fraction of sp³-hybridized carbons (Fsp3) is 0.650. The number of likely N-dealkylation sites (N-methyl/N-ethyl adjacent to an activating group) is 1. The van der Waals surface area contributed by atoms with E-state index in [1.165, 1.54) is 19.3 Å². The van der Waals surface area contributed by atoms with Crippen LogP contribution in [0.2, 0.25) is 5.02 Å². The van der Waals surface area contributed by atoms with E-state index >= 15 is 0 Å². The van der Waals surface area contributed by atoms with Gasteiger partial charge in [-0.25, -0.2) is 4.79 Å². The Kier molecular flexibility index (Phi) is 8.04. The smallest absolute Gasteiger partial charge is 0.320 e. The number of hydrogen-bond donors (Lipinski definition) is 1. The van der Waals surface area contributed by atoms with Gasteiger partial charge in [-0.2, -0.15) is 0 Å². The van der Waals surface area contributed by atoms with Gasteiger partial charge >= 0.3 is 6.03 Å². The molecule has 0 radical (unpaired) electrons. The Balaban J connectivity index is 2.11. The van der Waals surface area contributed by atoms with Crippen molar-refractivity contribution in [2.45, 2.75) is 58.9 Å². The maximum atomic E-state index is 13.0. The van der Waals surface area contributed by atoms with Crippen molar-refractivity contribution in [3.63, 3.8) is 0 Å². The summed E-state index contributed by atoms with van der Waals surface area (Å²) in [5.41, 5.74) is 1.73. The molecule has 2 rings (SSSR count). The van der Waals surface area contributed by atoms with Crippen molar-refractivity contribution in [2.24, 2.45) is 0 Å². The van der Waals surface area contributed by atoms with Crippen molar-refractivity contribution in [1.82, 2.24) is 9.80 Å². The molecular weight excluding hydrogens is 334 g/mol. The van der Waals surface area contributed by atoms with E-state index in [-0.39, 0.29) is 6.03 Å². The topological polar surface area (TPSA) is 35.6 Å². The summed E-state index contributed by atoms with van der Waals surface area (Å²) in [6.45, 7) is 10.0. The number of amides is 2. The highest BCUT2D eigenvalue weighted by atomic mass is 35.5. The highest BCUT2D eigenvalue weighted by Crippen LogP contribution is 2.27. The van der Waals surface area contributed by atoms with E-state index in [1.54, 1.807) is 0 Å². The first-order valence-corrected chi connectivity index (χ1v) is 9.99. The number of rotatable bonds is 7. The summed E-state index contributed by atoms with van der Waals surface area (Å²) in [6, 6.07) is 6.03. The molecule has 0 spiro atoms. The molecule has 1 aliphatic rings. The van der Waals surface area contributed by atoms with Crippen LogP contribution in [0.3, 0.4) is 0 Å². The minimum Gasteiger partial charge on any atom is -0.320 e. The number of halogens is 1. The normalized spacial score (nSPS) is 15.4. The molecule has 0 bridgehead atoms. The van der Waals surface area contributed by atoms with Crippen molar-refractivity contribution in [1.29, 1.82) is 0 Å². The van der Waals surface area contributed by atoms with Crippen LogP contribution < -0.4 is 5.32 Å². The second-order valence-electron chi connectivity index (χ2n) is 6.87. The van der Waals surface area contributed by atoms with E-state index < -0.39 is 0 Å². The van der Waals surface area contributed by atoms with Crippen LogP contribution in [-0.4, -0.2) is 48.1 Å². The number of para-hydroxylation sites is 1. The van der Waals surface area contributed by atoms with E-state index in [0.717, 1.165) is 50.3 Å². The predicted octanol–water partition coefficient (Wildman–Crippen LogP) is 5.16. The Morgan fingerprint density at radius 3 is 2.44 bits per heavy atom. The second-order valence-corrected chi connectivity index (χ2v) is 7.28. The van der Waals surface area contributed by atoms with Crippen molar-refractivity contribution in [3.05, 3.63) is 28.8 Å². The molecular formula is C20H32ClN3O. The minimum absolute atomic E-state index is 0.0183. The molecule has 4 nitrogen and oxygen atoms in total. The van der Waals surface area contributed by atoms with E-state index in [9.17, 15) is 4.79 Å². The quantitative estimate of drug-likeness (QED) is 0.724. The lowest BCUT2D eigenvalue weighted by Crippen LogP contribution is -2.47. The molecule has 0 heterocycles. The predicted molar refractivity (Wildman–Crippen MR) is 107 cm³/mol. The Labute approximate surface area is 157 Å². The molecule has 0 unspecified atom stereocenters. The number of carbonyl (C=O) groups is 1. The van der Waals surface area contributed by atoms with Crippen LogP contribution >= 0.6 is 11.6 Å². The number of anilines is 1. The standard InChI is InChI=1S/C20H32ClN3O/c1-4-23(5-2)14-15-24(17-11-7-6-8-12-17)20(25)22-19-16(3)10-9-13-18(19)21/h9-10,13,17H,4-8,11-12,14-15H2,1-3H3,(H,22,25). The number of carbonyl (C=O) groups excluding carboxylic acids is 1. The molecule has 1 aliphatic carbocycles. The van der Waals surface area contributed by atoms with Crippen LogP contribution in [-0.2, 0) is 0 Å². The van der Waals surface area contributed by atoms with Gasteiger partial charge < -0.3 is 15.1 Å². The number of hydrogen-bond acceptors (Lipinski definition) is 2. The molecule has 0 aromatic heterocycles. The van der Waals surface area contributed by atoms with Gasteiger partial charge in [0.25, 0.3) is 0 Å². The zero-order valence-electron chi connectivity index (χ0n) is 15.9. The van der Waals surface area contributed by atoms with Crippen LogP contribution in [0.5, 0.6) is 0 Å². The van der Waals surface area contributed by atoms with E-state index in [4.69, 9.17) is 11.6 Å². The Morgan fingerprint density at radius 1 is 1.16 bits per heavy atom. The lowest BCUT2D eigenvalue weighted by molar-refractivity contribution is 0.153. The van der Waals surface area contributed by atoms with Gasteiger partial charge in [0.2, 0.25) is 0 Å². The van der Waals surface area contributed by atoms with Gasteiger partial charge in [0, 0.05) is 19.1 Å². The van der Waals surface area contributed by atoms with Crippen molar-refractivity contribution < 1.29 is 4.79 Å². The van der Waals surface area contributed by atoms with Gasteiger partial charge in [0.15, 0.2) is 0 Å². The molecule has 1 aromatic rings.